The van der Waals surface area contributed by atoms with Gasteiger partial charge in [0.25, 0.3) is 0 Å². The predicted octanol–water partition coefficient (Wildman–Crippen LogP) is -1.29. The van der Waals surface area contributed by atoms with E-state index in [1.807, 2.05) is 0 Å². The molecule has 0 fully saturated rings. The molecule has 0 aliphatic rings. The van der Waals surface area contributed by atoms with Crippen molar-refractivity contribution in [1.82, 2.24) is 4.72 Å². The summed E-state index contributed by atoms with van der Waals surface area (Å²) in [5.41, 5.74) is 5.78. The first-order valence-electron chi connectivity index (χ1n) is 5.04. The Labute approximate surface area is 106 Å². The van der Waals surface area contributed by atoms with Gasteiger partial charge in [0.15, 0.2) is 0 Å². The van der Waals surface area contributed by atoms with Crippen molar-refractivity contribution in [1.29, 1.82) is 0 Å². The van der Waals surface area contributed by atoms with Gasteiger partial charge < -0.3 is 5.73 Å². The summed E-state index contributed by atoms with van der Waals surface area (Å²) < 4.78 is 47.0. The van der Waals surface area contributed by atoms with Crippen molar-refractivity contribution in [2.24, 2.45) is 10.9 Å². The van der Waals surface area contributed by atoms with Crippen molar-refractivity contribution in [2.45, 2.75) is 11.4 Å². The molecule has 1 rings (SSSR count). The van der Waals surface area contributed by atoms with Gasteiger partial charge in [0.2, 0.25) is 20.0 Å². The van der Waals surface area contributed by atoms with Crippen molar-refractivity contribution >= 4 is 20.0 Å². The van der Waals surface area contributed by atoms with Gasteiger partial charge in [-0.05, 0) is 17.7 Å². The smallest absolute Gasteiger partial charge is 0.238 e. The molecule has 0 heterocycles. The Hall–Kier alpha value is -1.00. The highest BCUT2D eigenvalue weighted by Crippen LogP contribution is 2.08. The first kappa shape index (κ1) is 15.1. The van der Waals surface area contributed by atoms with Crippen LogP contribution in [0.25, 0.3) is 0 Å². The van der Waals surface area contributed by atoms with Crippen LogP contribution in [-0.2, 0) is 26.6 Å². The lowest BCUT2D eigenvalue weighted by atomic mass is 10.2. The molecule has 0 aliphatic carbocycles. The standard InChI is InChI=1S/C9H15N3O4S2/c10-5-6-17(13,14)12-7-8-1-3-9(4-2-8)18(11,15)16/h1-4,12H,5-7,10H2,(H2,11,15,16). The lowest BCUT2D eigenvalue weighted by molar-refractivity contribution is 0.580. The minimum absolute atomic E-state index is 0.0175. The first-order chi connectivity index (χ1) is 8.24. The summed E-state index contributed by atoms with van der Waals surface area (Å²) in [7, 11) is -7.11. The molecule has 9 heteroatoms. The second kappa shape index (κ2) is 5.76. The second-order valence-corrected chi connectivity index (χ2v) is 7.11. The fourth-order valence-electron chi connectivity index (χ4n) is 1.22. The van der Waals surface area contributed by atoms with Gasteiger partial charge >= 0.3 is 0 Å². The molecule has 0 unspecified atom stereocenters. The van der Waals surface area contributed by atoms with Gasteiger partial charge in [-0.15, -0.1) is 0 Å². The van der Waals surface area contributed by atoms with Crippen LogP contribution in [0.4, 0.5) is 0 Å². The molecule has 7 nitrogen and oxygen atoms in total. The van der Waals surface area contributed by atoms with E-state index in [1.54, 1.807) is 0 Å². The van der Waals surface area contributed by atoms with E-state index in [2.05, 4.69) is 4.72 Å². The molecular weight excluding hydrogens is 278 g/mol. The normalized spacial score (nSPS) is 12.6. The summed E-state index contributed by atoms with van der Waals surface area (Å²) in [5, 5.41) is 4.94. The number of nitrogens with two attached hydrogens (primary N) is 2. The van der Waals surface area contributed by atoms with Gasteiger partial charge in [-0.25, -0.2) is 26.7 Å². The molecule has 1 aromatic carbocycles. The molecule has 0 atom stereocenters. The van der Waals surface area contributed by atoms with E-state index in [1.165, 1.54) is 24.3 Å². The Morgan fingerprint density at radius 1 is 1.06 bits per heavy atom. The number of primary sulfonamides is 1. The molecule has 0 saturated carbocycles. The van der Waals surface area contributed by atoms with E-state index >= 15 is 0 Å². The highest BCUT2D eigenvalue weighted by molar-refractivity contribution is 7.89. The molecule has 0 aromatic heterocycles. The van der Waals surface area contributed by atoms with Crippen molar-refractivity contribution in [3.8, 4) is 0 Å². The monoisotopic (exact) mass is 293 g/mol. The van der Waals surface area contributed by atoms with Crippen LogP contribution in [0.2, 0.25) is 0 Å². The molecule has 0 radical (unpaired) electrons. The van der Waals surface area contributed by atoms with E-state index < -0.39 is 20.0 Å². The first-order valence-corrected chi connectivity index (χ1v) is 8.23. The van der Waals surface area contributed by atoms with E-state index in [9.17, 15) is 16.8 Å². The highest BCUT2D eigenvalue weighted by Gasteiger charge is 2.09. The van der Waals surface area contributed by atoms with Crippen LogP contribution in [0, 0.1) is 0 Å². The summed E-state index contributed by atoms with van der Waals surface area (Å²) in [6.07, 6.45) is 0. The number of nitrogens with one attached hydrogen (secondary N) is 1. The maximum Gasteiger partial charge on any atom is 0.238 e. The Kier molecular flexibility index (Phi) is 4.82. The Morgan fingerprint density at radius 2 is 1.61 bits per heavy atom. The van der Waals surface area contributed by atoms with Crippen LogP contribution in [0.5, 0.6) is 0 Å². The van der Waals surface area contributed by atoms with Crippen molar-refractivity contribution in [3.05, 3.63) is 29.8 Å². The Balaban J connectivity index is 2.71. The van der Waals surface area contributed by atoms with E-state index in [4.69, 9.17) is 10.9 Å². The molecular formula is C9H15N3O4S2. The maximum absolute atomic E-state index is 11.3. The summed E-state index contributed by atoms with van der Waals surface area (Å²) in [6.45, 7) is 0.118. The van der Waals surface area contributed by atoms with E-state index in [0.29, 0.717) is 5.56 Å². The molecule has 0 spiro atoms. The molecule has 102 valence electrons. The van der Waals surface area contributed by atoms with Gasteiger partial charge in [0.1, 0.15) is 0 Å². The van der Waals surface area contributed by atoms with Crippen LogP contribution in [0.3, 0.4) is 0 Å². The van der Waals surface area contributed by atoms with Crippen LogP contribution < -0.4 is 15.6 Å². The fraction of sp³-hybridized carbons (Fsp3) is 0.333. The van der Waals surface area contributed by atoms with Gasteiger partial charge in [-0.3, -0.25) is 0 Å². The SMILES string of the molecule is NCCS(=O)(=O)NCc1ccc(S(N)(=O)=O)cc1. The predicted molar refractivity (Wildman–Crippen MR) is 67.5 cm³/mol. The van der Waals surface area contributed by atoms with Crippen molar-refractivity contribution in [3.63, 3.8) is 0 Å². The minimum atomic E-state index is -3.73. The summed E-state index contributed by atoms with van der Waals surface area (Å²) >= 11 is 0. The third-order valence-electron chi connectivity index (χ3n) is 2.13. The number of hydrogen-bond acceptors (Lipinski definition) is 5. The van der Waals surface area contributed by atoms with E-state index in [-0.39, 0.29) is 23.7 Å². The largest absolute Gasteiger partial charge is 0.329 e. The lowest BCUT2D eigenvalue weighted by Gasteiger charge is -2.06. The quantitative estimate of drug-likeness (QED) is 0.600. The summed E-state index contributed by atoms with van der Waals surface area (Å²) in [5.74, 6) is -0.151. The van der Waals surface area contributed by atoms with Crippen LogP contribution in [-0.4, -0.2) is 29.1 Å². The summed E-state index contributed by atoms with van der Waals surface area (Å²) in [6, 6.07) is 5.62. The topological polar surface area (TPSA) is 132 Å². The van der Waals surface area contributed by atoms with Crippen molar-refractivity contribution < 1.29 is 16.8 Å². The van der Waals surface area contributed by atoms with Gasteiger partial charge in [-0.2, -0.15) is 0 Å². The van der Waals surface area contributed by atoms with Gasteiger partial charge in [-0.1, -0.05) is 12.1 Å². The zero-order valence-corrected chi connectivity index (χ0v) is 11.2. The number of hydrogen-bond donors (Lipinski definition) is 3. The van der Waals surface area contributed by atoms with Crippen molar-refractivity contribution in [2.75, 3.05) is 12.3 Å². The average Bonchev–Trinajstić information content (AvgIpc) is 2.26. The zero-order chi connectivity index (χ0) is 13.8. The lowest BCUT2D eigenvalue weighted by Crippen LogP contribution is -2.29. The fourth-order valence-corrected chi connectivity index (χ4v) is 2.57. The summed E-state index contributed by atoms with van der Waals surface area (Å²) in [4.78, 5) is -0.0175. The third-order valence-corrected chi connectivity index (χ3v) is 4.42. The molecule has 5 N–H and O–H groups in total. The molecule has 0 saturated heterocycles. The van der Waals surface area contributed by atoms with Crippen LogP contribution in [0.15, 0.2) is 29.2 Å². The minimum Gasteiger partial charge on any atom is -0.329 e. The third kappa shape index (κ3) is 4.70. The zero-order valence-electron chi connectivity index (χ0n) is 9.53. The number of rotatable bonds is 6. The molecule has 1 aromatic rings. The maximum atomic E-state index is 11.3. The number of benzene rings is 1. The molecule has 0 bridgehead atoms. The van der Waals surface area contributed by atoms with Crippen LogP contribution >= 0.6 is 0 Å². The molecule has 0 amide bonds. The van der Waals surface area contributed by atoms with Gasteiger partial charge in [0, 0.05) is 13.1 Å². The second-order valence-electron chi connectivity index (χ2n) is 3.62. The van der Waals surface area contributed by atoms with Crippen LogP contribution in [0.1, 0.15) is 5.56 Å². The number of sulfonamides is 2. The van der Waals surface area contributed by atoms with Gasteiger partial charge in [0.05, 0.1) is 10.6 Å². The van der Waals surface area contributed by atoms with E-state index in [0.717, 1.165) is 0 Å². The Bertz CT molecular complexity index is 593. The molecule has 0 aliphatic heterocycles. The molecule has 18 heavy (non-hydrogen) atoms. The average molecular weight is 293 g/mol. The highest BCUT2D eigenvalue weighted by atomic mass is 32.2. The Morgan fingerprint density at radius 3 is 2.06 bits per heavy atom.